The van der Waals surface area contributed by atoms with E-state index in [0.29, 0.717) is 41.4 Å². The van der Waals surface area contributed by atoms with Crippen molar-refractivity contribution < 1.29 is 14.6 Å². The molecule has 47 heavy (non-hydrogen) atoms. The first-order valence-corrected chi connectivity index (χ1v) is 15.8. The number of urea groups is 1. The third-order valence-corrected chi connectivity index (χ3v) is 8.54. The highest BCUT2D eigenvalue weighted by Crippen LogP contribution is 2.39. The van der Waals surface area contributed by atoms with Crippen molar-refractivity contribution in [3.8, 4) is 28.6 Å². The molecule has 0 fully saturated rings. The number of pyridine rings is 1. The van der Waals surface area contributed by atoms with Crippen LogP contribution in [0.15, 0.2) is 97.2 Å². The SMILES string of the molecule is Cc1ccc(-n2nc(C(C)(C)C)cc2NC(=O)NC2CC[C@@H](Oc3ccc4nnc(-c5ccccc5O)n4c3)c3ccccc32)cc1. The van der Waals surface area contributed by atoms with Crippen LogP contribution in [0.2, 0.25) is 0 Å². The van der Waals surface area contributed by atoms with Crippen LogP contribution in [0.1, 0.15) is 68.1 Å². The Kier molecular flexibility index (Phi) is 7.63. The normalized spacial score (nSPS) is 16.1. The summed E-state index contributed by atoms with van der Waals surface area (Å²) < 4.78 is 10.2. The number of nitrogens with zero attached hydrogens (tertiary/aromatic N) is 5. The molecule has 0 saturated carbocycles. The summed E-state index contributed by atoms with van der Waals surface area (Å²) in [6.07, 6.45) is 3.02. The zero-order chi connectivity index (χ0) is 32.7. The number of nitrogens with one attached hydrogen (secondary N) is 2. The maximum atomic E-state index is 13.5. The Morgan fingerprint density at radius 1 is 0.915 bits per heavy atom. The molecule has 3 aromatic carbocycles. The second-order valence-corrected chi connectivity index (χ2v) is 13.0. The first-order chi connectivity index (χ1) is 22.6. The topological polar surface area (TPSA) is 119 Å². The van der Waals surface area contributed by atoms with E-state index in [1.54, 1.807) is 22.9 Å². The van der Waals surface area contributed by atoms with E-state index >= 15 is 0 Å². The van der Waals surface area contributed by atoms with Crippen LogP contribution < -0.4 is 15.4 Å². The molecule has 1 unspecified atom stereocenters. The van der Waals surface area contributed by atoms with Crippen molar-refractivity contribution in [1.29, 1.82) is 0 Å². The van der Waals surface area contributed by atoms with Gasteiger partial charge in [0.05, 0.1) is 29.2 Å². The van der Waals surface area contributed by atoms with E-state index in [0.717, 1.165) is 28.1 Å². The quantitative estimate of drug-likeness (QED) is 0.174. The Hall–Kier alpha value is -5.64. The fraction of sp³-hybridized carbons (Fsp3) is 0.243. The van der Waals surface area contributed by atoms with E-state index in [1.807, 2.05) is 84.3 Å². The smallest absolute Gasteiger partial charge is 0.320 e. The van der Waals surface area contributed by atoms with Gasteiger partial charge >= 0.3 is 6.03 Å². The monoisotopic (exact) mass is 627 g/mol. The van der Waals surface area contributed by atoms with E-state index in [9.17, 15) is 9.90 Å². The Morgan fingerprint density at radius 2 is 1.66 bits per heavy atom. The fourth-order valence-corrected chi connectivity index (χ4v) is 6.00. The van der Waals surface area contributed by atoms with Gasteiger partial charge in [-0.3, -0.25) is 9.72 Å². The average molecular weight is 628 g/mol. The minimum Gasteiger partial charge on any atom is -0.507 e. The van der Waals surface area contributed by atoms with Gasteiger partial charge in [0, 0.05) is 11.5 Å². The zero-order valence-electron chi connectivity index (χ0n) is 26.8. The predicted molar refractivity (Wildman–Crippen MR) is 181 cm³/mol. The predicted octanol–water partition coefficient (Wildman–Crippen LogP) is 7.67. The Morgan fingerprint density at radius 3 is 2.43 bits per heavy atom. The number of carbonyl (C=O) groups is 1. The number of aromatic nitrogens is 5. The largest absolute Gasteiger partial charge is 0.507 e. The summed E-state index contributed by atoms with van der Waals surface area (Å²) >= 11 is 0. The van der Waals surface area contributed by atoms with Gasteiger partial charge in [0.1, 0.15) is 23.4 Å². The standard InChI is InChI=1S/C37H37N7O3/c1-23-13-15-24(16-14-23)44-34(21-32(42-44)37(2,3)4)39-36(46)38-29-18-19-31(27-10-6-5-9-26(27)29)47-25-17-20-33-40-41-35(43(33)22-25)28-11-7-8-12-30(28)45/h5-17,20-22,29,31,45H,18-19H2,1-4H3,(H2,38,39,46)/t29?,31-/m1/s1. The minimum atomic E-state index is -0.298. The van der Waals surface area contributed by atoms with Crippen molar-refractivity contribution in [2.75, 3.05) is 5.32 Å². The van der Waals surface area contributed by atoms with Gasteiger partial charge in [-0.15, -0.1) is 10.2 Å². The van der Waals surface area contributed by atoms with Crippen LogP contribution in [-0.4, -0.2) is 35.5 Å². The molecule has 1 aliphatic carbocycles. The molecule has 6 aromatic rings. The van der Waals surface area contributed by atoms with Gasteiger partial charge in [0.2, 0.25) is 0 Å². The number of aromatic hydroxyl groups is 1. The lowest BCUT2D eigenvalue weighted by Gasteiger charge is -2.32. The van der Waals surface area contributed by atoms with Crippen LogP contribution in [0.25, 0.3) is 22.7 Å². The van der Waals surface area contributed by atoms with Crippen molar-refractivity contribution in [2.24, 2.45) is 0 Å². The molecule has 2 amide bonds. The van der Waals surface area contributed by atoms with Gasteiger partial charge in [-0.2, -0.15) is 5.10 Å². The van der Waals surface area contributed by atoms with Gasteiger partial charge in [-0.05, 0) is 67.3 Å². The van der Waals surface area contributed by atoms with E-state index in [-0.39, 0.29) is 29.3 Å². The summed E-state index contributed by atoms with van der Waals surface area (Å²) in [5, 5.41) is 30.1. The first-order valence-electron chi connectivity index (χ1n) is 15.8. The molecule has 0 saturated heterocycles. The lowest BCUT2D eigenvalue weighted by Crippen LogP contribution is -2.36. The second kappa shape index (κ2) is 11.9. The highest BCUT2D eigenvalue weighted by Gasteiger charge is 2.30. The number of fused-ring (bicyclic) bond motifs is 2. The molecular weight excluding hydrogens is 590 g/mol. The minimum absolute atomic E-state index is 0.131. The molecule has 0 bridgehead atoms. The molecule has 10 heteroatoms. The van der Waals surface area contributed by atoms with E-state index in [4.69, 9.17) is 9.84 Å². The number of amides is 2. The van der Waals surface area contributed by atoms with E-state index < -0.39 is 0 Å². The number of para-hydroxylation sites is 1. The van der Waals surface area contributed by atoms with Crippen LogP contribution in [0, 0.1) is 6.92 Å². The van der Waals surface area contributed by atoms with E-state index in [2.05, 4.69) is 47.7 Å². The van der Waals surface area contributed by atoms with Crippen molar-refractivity contribution >= 4 is 17.5 Å². The molecule has 1 aliphatic rings. The lowest BCUT2D eigenvalue weighted by molar-refractivity contribution is 0.171. The van der Waals surface area contributed by atoms with Crippen LogP contribution in [0.5, 0.6) is 11.5 Å². The maximum absolute atomic E-state index is 13.5. The molecule has 0 spiro atoms. The first kappa shape index (κ1) is 30.0. The number of ether oxygens (including phenoxy) is 1. The van der Waals surface area contributed by atoms with Crippen molar-refractivity contribution in [2.45, 2.75) is 58.1 Å². The Balaban J connectivity index is 1.10. The fourth-order valence-electron chi connectivity index (χ4n) is 6.00. The number of phenolic OH excluding ortho intramolecular Hbond substituents is 1. The number of hydrogen-bond donors (Lipinski definition) is 3. The molecule has 10 nitrogen and oxygen atoms in total. The van der Waals surface area contributed by atoms with Crippen LogP contribution in [0.3, 0.4) is 0 Å². The van der Waals surface area contributed by atoms with Crippen LogP contribution in [0.4, 0.5) is 10.6 Å². The molecule has 3 N–H and O–H groups in total. The number of anilines is 1. The van der Waals surface area contributed by atoms with Gasteiger partial charge in [0.15, 0.2) is 11.5 Å². The molecule has 0 aliphatic heterocycles. The number of phenols is 1. The third kappa shape index (κ3) is 6.02. The van der Waals surface area contributed by atoms with Crippen LogP contribution in [-0.2, 0) is 5.41 Å². The van der Waals surface area contributed by atoms with Crippen molar-refractivity contribution in [3.63, 3.8) is 0 Å². The number of rotatable bonds is 6. The van der Waals surface area contributed by atoms with Gasteiger partial charge in [0.25, 0.3) is 0 Å². The molecule has 2 atom stereocenters. The van der Waals surface area contributed by atoms with Crippen molar-refractivity contribution in [3.05, 3.63) is 120 Å². The highest BCUT2D eigenvalue weighted by atomic mass is 16.5. The molecule has 3 heterocycles. The molecular formula is C37H37N7O3. The highest BCUT2D eigenvalue weighted by molar-refractivity contribution is 5.89. The van der Waals surface area contributed by atoms with Gasteiger partial charge in [-0.25, -0.2) is 9.48 Å². The lowest BCUT2D eigenvalue weighted by atomic mass is 9.85. The number of carbonyl (C=O) groups excluding carboxylic acids is 1. The summed E-state index contributed by atoms with van der Waals surface area (Å²) in [7, 11) is 0. The Labute approximate surface area is 273 Å². The van der Waals surface area contributed by atoms with Crippen LogP contribution >= 0.6 is 0 Å². The van der Waals surface area contributed by atoms with E-state index in [1.165, 1.54) is 0 Å². The van der Waals surface area contributed by atoms with Gasteiger partial charge in [-0.1, -0.05) is 74.9 Å². The Bertz CT molecular complexity index is 2070. The maximum Gasteiger partial charge on any atom is 0.320 e. The molecule has 3 aromatic heterocycles. The number of benzene rings is 3. The summed E-state index contributed by atoms with van der Waals surface area (Å²) in [4.78, 5) is 13.5. The summed E-state index contributed by atoms with van der Waals surface area (Å²) in [6.45, 7) is 8.36. The zero-order valence-corrected chi connectivity index (χ0v) is 26.8. The van der Waals surface area contributed by atoms with Crippen molar-refractivity contribution in [1.82, 2.24) is 29.7 Å². The van der Waals surface area contributed by atoms with Gasteiger partial charge < -0.3 is 15.2 Å². The molecule has 0 radical (unpaired) electrons. The summed E-state index contributed by atoms with van der Waals surface area (Å²) in [6, 6.07) is 28.4. The summed E-state index contributed by atoms with van der Waals surface area (Å²) in [5.41, 5.74) is 5.99. The molecule has 238 valence electrons. The summed E-state index contributed by atoms with van der Waals surface area (Å²) in [5.74, 6) is 1.92. The average Bonchev–Trinajstić information content (AvgIpc) is 3.67. The number of hydrogen-bond acceptors (Lipinski definition) is 6. The molecule has 7 rings (SSSR count). The number of aryl methyl sites for hydroxylation is 1. The second-order valence-electron chi connectivity index (χ2n) is 13.0. The third-order valence-electron chi connectivity index (χ3n) is 8.54.